The van der Waals surface area contributed by atoms with E-state index in [2.05, 4.69) is 16.8 Å². The maximum atomic E-state index is 12.5. The van der Waals surface area contributed by atoms with Crippen molar-refractivity contribution in [2.45, 2.75) is 0 Å². The number of fused-ring (bicyclic) bond motifs is 1. The highest BCUT2D eigenvalue weighted by atomic mass is 16.6. The molecule has 0 saturated carbocycles. The lowest BCUT2D eigenvalue weighted by Gasteiger charge is -2.31. The van der Waals surface area contributed by atoms with Gasteiger partial charge in [-0.3, -0.25) is 9.69 Å². The number of benzene rings is 1. The molecular formula is C15H21N3O3. The van der Waals surface area contributed by atoms with Crippen LogP contribution in [0.3, 0.4) is 0 Å². The van der Waals surface area contributed by atoms with Crippen LogP contribution in [0.5, 0.6) is 11.5 Å². The van der Waals surface area contributed by atoms with Gasteiger partial charge in [0.1, 0.15) is 13.2 Å². The van der Waals surface area contributed by atoms with E-state index in [0.29, 0.717) is 42.5 Å². The predicted molar refractivity (Wildman–Crippen MR) is 80.1 cm³/mol. The predicted octanol–water partition coefficient (Wildman–Crippen LogP) is 0.470. The Balaban J connectivity index is 1.72. The first kappa shape index (κ1) is 14.2. The minimum Gasteiger partial charge on any atom is -0.486 e. The topological polar surface area (TPSA) is 68.0 Å². The Kier molecular flexibility index (Phi) is 3.98. The van der Waals surface area contributed by atoms with Gasteiger partial charge in [0.25, 0.3) is 0 Å². The van der Waals surface area contributed by atoms with Crippen molar-refractivity contribution in [1.82, 2.24) is 9.80 Å². The largest absolute Gasteiger partial charge is 0.486 e. The van der Waals surface area contributed by atoms with Crippen LogP contribution in [0.4, 0.5) is 5.69 Å². The molecule has 0 radical (unpaired) electrons. The number of ketones is 1. The lowest BCUT2D eigenvalue weighted by molar-refractivity contribution is 0.0876. The second-order valence-corrected chi connectivity index (χ2v) is 5.59. The van der Waals surface area contributed by atoms with E-state index < -0.39 is 0 Å². The van der Waals surface area contributed by atoms with E-state index >= 15 is 0 Å². The van der Waals surface area contributed by atoms with Crippen LogP contribution < -0.4 is 15.2 Å². The summed E-state index contributed by atoms with van der Waals surface area (Å²) in [6, 6.07) is 3.40. The quantitative estimate of drug-likeness (QED) is 0.645. The van der Waals surface area contributed by atoms with E-state index in [1.807, 2.05) is 0 Å². The molecule has 0 spiro atoms. The van der Waals surface area contributed by atoms with E-state index in [9.17, 15) is 4.79 Å². The Morgan fingerprint density at radius 1 is 1.14 bits per heavy atom. The molecule has 2 aliphatic rings. The summed E-state index contributed by atoms with van der Waals surface area (Å²) >= 11 is 0. The van der Waals surface area contributed by atoms with Gasteiger partial charge in [-0.05, 0) is 13.1 Å². The molecule has 2 aliphatic heterocycles. The summed E-state index contributed by atoms with van der Waals surface area (Å²) in [6.07, 6.45) is 0. The molecule has 0 aliphatic carbocycles. The zero-order valence-electron chi connectivity index (χ0n) is 12.3. The van der Waals surface area contributed by atoms with Gasteiger partial charge in [-0.2, -0.15) is 0 Å². The Morgan fingerprint density at radius 2 is 1.76 bits per heavy atom. The number of nitrogens with zero attached hydrogens (tertiary/aromatic N) is 2. The third-order valence-corrected chi connectivity index (χ3v) is 3.98. The molecule has 2 heterocycles. The molecule has 6 nitrogen and oxygen atoms in total. The van der Waals surface area contributed by atoms with Crippen LogP contribution in [0.1, 0.15) is 10.4 Å². The Labute approximate surface area is 124 Å². The van der Waals surface area contributed by atoms with Crippen LogP contribution in [0.2, 0.25) is 0 Å². The number of anilines is 1. The smallest absolute Gasteiger partial charge is 0.179 e. The van der Waals surface area contributed by atoms with E-state index in [4.69, 9.17) is 15.2 Å². The summed E-state index contributed by atoms with van der Waals surface area (Å²) in [5.41, 5.74) is 6.97. The second kappa shape index (κ2) is 5.91. The van der Waals surface area contributed by atoms with Crippen LogP contribution in [-0.4, -0.2) is 68.6 Å². The van der Waals surface area contributed by atoms with Crippen LogP contribution >= 0.6 is 0 Å². The number of rotatable bonds is 3. The van der Waals surface area contributed by atoms with Crippen molar-refractivity contribution in [3.05, 3.63) is 17.7 Å². The van der Waals surface area contributed by atoms with Crippen LogP contribution in [0, 0.1) is 0 Å². The fraction of sp³-hybridized carbons (Fsp3) is 0.533. The summed E-state index contributed by atoms with van der Waals surface area (Å²) < 4.78 is 11.0. The van der Waals surface area contributed by atoms with Crippen molar-refractivity contribution in [2.75, 3.05) is 58.7 Å². The lowest BCUT2D eigenvalue weighted by atomic mass is 10.1. The molecule has 21 heavy (non-hydrogen) atoms. The number of carbonyl (C=O) groups excluding carboxylic acids is 1. The normalized spacial score (nSPS) is 19.5. The Bertz CT molecular complexity index is 539. The monoisotopic (exact) mass is 291 g/mol. The highest BCUT2D eigenvalue weighted by molar-refractivity contribution is 6.02. The van der Waals surface area contributed by atoms with E-state index in [0.717, 1.165) is 26.2 Å². The van der Waals surface area contributed by atoms with E-state index in [-0.39, 0.29) is 5.78 Å². The standard InChI is InChI=1S/C15H21N3O3/c1-17-2-4-18(5-3-17)10-13(19)11-8-14-15(9-12(11)16)21-7-6-20-14/h8-9H,2-7,10,16H2,1H3. The number of hydrogen-bond donors (Lipinski definition) is 1. The van der Waals surface area contributed by atoms with Crippen LogP contribution in [0.15, 0.2) is 12.1 Å². The van der Waals surface area contributed by atoms with Gasteiger partial charge < -0.3 is 20.1 Å². The second-order valence-electron chi connectivity index (χ2n) is 5.59. The first-order valence-electron chi connectivity index (χ1n) is 7.27. The summed E-state index contributed by atoms with van der Waals surface area (Å²) in [7, 11) is 2.10. The summed E-state index contributed by atoms with van der Waals surface area (Å²) in [5, 5.41) is 0. The fourth-order valence-corrected chi connectivity index (χ4v) is 2.64. The molecule has 0 aromatic heterocycles. The fourth-order valence-electron chi connectivity index (χ4n) is 2.64. The highest BCUT2D eigenvalue weighted by Gasteiger charge is 2.21. The molecule has 1 saturated heterocycles. The van der Waals surface area contributed by atoms with Gasteiger partial charge in [0.15, 0.2) is 17.3 Å². The van der Waals surface area contributed by atoms with Gasteiger partial charge in [-0.1, -0.05) is 0 Å². The molecular weight excluding hydrogens is 270 g/mol. The zero-order chi connectivity index (χ0) is 14.8. The van der Waals surface area contributed by atoms with E-state index in [1.165, 1.54) is 0 Å². The minimum absolute atomic E-state index is 0.0361. The van der Waals surface area contributed by atoms with Crippen LogP contribution in [-0.2, 0) is 0 Å². The number of likely N-dealkylation sites (N-methyl/N-ethyl adjacent to an activating group) is 1. The minimum atomic E-state index is 0.0361. The number of ether oxygens (including phenoxy) is 2. The molecule has 2 N–H and O–H groups in total. The molecule has 1 aromatic carbocycles. The number of nitrogen functional groups attached to an aromatic ring is 1. The van der Waals surface area contributed by atoms with Gasteiger partial charge in [-0.15, -0.1) is 0 Å². The lowest BCUT2D eigenvalue weighted by Crippen LogP contribution is -2.46. The summed E-state index contributed by atoms with van der Waals surface area (Å²) in [5.74, 6) is 1.26. The molecule has 0 amide bonds. The number of carbonyl (C=O) groups is 1. The van der Waals surface area contributed by atoms with Crippen LogP contribution in [0.25, 0.3) is 0 Å². The molecule has 1 aromatic rings. The van der Waals surface area contributed by atoms with Crippen molar-refractivity contribution in [2.24, 2.45) is 0 Å². The van der Waals surface area contributed by atoms with Gasteiger partial charge in [0.2, 0.25) is 0 Å². The SMILES string of the molecule is CN1CCN(CC(=O)c2cc3c(cc2N)OCCO3)CC1. The molecule has 1 fully saturated rings. The first-order chi connectivity index (χ1) is 10.1. The average Bonchev–Trinajstić information content (AvgIpc) is 2.49. The zero-order valence-corrected chi connectivity index (χ0v) is 12.3. The summed E-state index contributed by atoms with van der Waals surface area (Å²) in [4.78, 5) is 16.9. The molecule has 0 bridgehead atoms. The van der Waals surface area contributed by atoms with Gasteiger partial charge in [0.05, 0.1) is 6.54 Å². The molecule has 114 valence electrons. The average molecular weight is 291 g/mol. The van der Waals surface area contributed by atoms with Crippen molar-refractivity contribution < 1.29 is 14.3 Å². The Morgan fingerprint density at radius 3 is 2.43 bits per heavy atom. The van der Waals surface area contributed by atoms with E-state index in [1.54, 1.807) is 12.1 Å². The molecule has 0 unspecified atom stereocenters. The molecule has 0 atom stereocenters. The third-order valence-electron chi connectivity index (χ3n) is 3.98. The van der Waals surface area contributed by atoms with Crippen molar-refractivity contribution in [3.63, 3.8) is 0 Å². The van der Waals surface area contributed by atoms with Gasteiger partial charge in [-0.25, -0.2) is 0 Å². The number of Topliss-reactive ketones (excluding diaryl/α,β-unsaturated/α-hetero) is 1. The number of hydrogen-bond acceptors (Lipinski definition) is 6. The number of piperazine rings is 1. The number of nitrogens with two attached hydrogens (primary N) is 1. The highest BCUT2D eigenvalue weighted by Crippen LogP contribution is 2.34. The van der Waals surface area contributed by atoms with Crippen molar-refractivity contribution in [3.8, 4) is 11.5 Å². The van der Waals surface area contributed by atoms with Gasteiger partial charge >= 0.3 is 0 Å². The summed E-state index contributed by atoms with van der Waals surface area (Å²) in [6.45, 7) is 5.22. The maximum absolute atomic E-state index is 12.5. The maximum Gasteiger partial charge on any atom is 0.179 e. The van der Waals surface area contributed by atoms with Crippen molar-refractivity contribution in [1.29, 1.82) is 0 Å². The van der Waals surface area contributed by atoms with Gasteiger partial charge in [0, 0.05) is 43.5 Å². The van der Waals surface area contributed by atoms with Crippen molar-refractivity contribution >= 4 is 11.5 Å². The first-order valence-corrected chi connectivity index (χ1v) is 7.27. The molecule has 3 rings (SSSR count). The Hall–Kier alpha value is -1.79. The molecule has 6 heteroatoms. The third kappa shape index (κ3) is 3.11.